The molecule has 3 aromatic heterocycles. The molecule has 0 radical (unpaired) electrons. The van der Waals surface area contributed by atoms with Gasteiger partial charge in [0.25, 0.3) is 0 Å². The fourth-order valence-corrected chi connectivity index (χ4v) is 6.80. The summed E-state index contributed by atoms with van der Waals surface area (Å²) in [4.78, 5) is 19.1. The number of anilines is 2. The van der Waals surface area contributed by atoms with E-state index in [2.05, 4.69) is 15.6 Å². The molecule has 6 N–H and O–H groups in total. The van der Waals surface area contributed by atoms with Gasteiger partial charge in [-0.05, 0) is 45.1 Å². The molecule has 6 rings (SSSR count). The monoisotopic (exact) mass is 526 g/mol. The van der Waals surface area contributed by atoms with Gasteiger partial charge in [0.15, 0.2) is 0 Å². The Hall–Kier alpha value is -2.44. The predicted octanol–water partition coefficient (Wildman–Crippen LogP) is 2.57. The van der Waals surface area contributed by atoms with Crippen molar-refractivity contribution in [3.8, 4) is 10.6 Å². The molecule has 10 nitrogen and oxygen atoms in total. The lowest BCUT2D eigenvalue weighted by atomic mass is 10.0. The third-order valence-electron chi connectivity index (χ3n) is 8.07. The van der Waals surface area contributed by atoms with Gasteiger partial charge in [-0.15, -0.1) is 11.3 Å². The van der Waals surface area contributed by atoms with Gasteiger partial charge in [-0.2, -0.15) is 4.98 Å². The van der Waals surface area contributed by atoms with Gasteiger partial charge >= 0.3 is 0 Å². The first-order valence-corrected chi connectivity index (χ1v) is 14.0. The third kappa shape index (κ3) is 4.79. The Bertz CT molecular complexity index is 1290. The molecule has 0 aliphatic heterocycles. The van der Waals surface area contributed by atoms with Crippen LogP contribution >= 0.6 is 11.3 Å². The minimum Gasteiger partial charge on any atom is -0.396 e. The van der Waals surface area contributed by atoms with E-state index < -0.39 is 29.8 Å². The Morgan fingerprint density at radius 2 is 1.89 bits per heavy atom. The van der Waals surface area contributed by atoms with E-state index >= 15 is 0 Å². The van der Waals surface area contributed by atoms with Crippen LogP contribution in [0.3, 0.4) is 0 Å². The maximum Gasteiger partial charge on any atom is 0.225 e. The molecule has 1 unspecified atom stereocenters. The number of hydrogen-bond acceptors (Lipinski definition) is 11. The van der Waals surface area contributed by atoms with Crippen LogP contribution in [0.25, 0.3) is 20.8 Å². The lowest BCUT2D eigenvalue weighted by Crippen LogP contribution is -2.36. The summed E-state index contributed by atoms with van der Waals surface area (Å²) < 4.78 is 1.06. The van der Waals surface area contributed by atoms with E-state index in [1.54, 1.807) is 11.3 Å². The van der Waals surface area contributed by atoms with E-state index in [1.165, 1.54) is 0 Å². The highest BCUT2D eigenvalue weighted by Gasteiger charge is 2.42. The van der Waals surface area contributed by atoms with Crippen LogP contribution in [0.2, 0.25) is 0 Å². The van der Waals surface area contributed by atoms with Crippen LogP contribution in [0, 0.1) is 12.8 Å². The van der Waals surface area contributed by atoms with Gasteiger partial charge in [0.05, 0.1) is 39.4 Å². The molecule has 0 bridgehead atoms. The Morgan fingerprint density at radius 3 is 2.59 bits per heavy atom. The van der Waals surface area contributed by atoms with Crippen LogP contribution in [-0.2, 0) is 0 Å². The van der Waals surface area contributed by atoms with Crippen molar-refractivity contribution in [3.63, 3.8) is 0 Å². The highest BCUT2D eigenvalue weighted by molar-refractivity contribution is 7.21. The van der Waals surface area contributed by atoms with Crippen LogP contribution < -0.4 is 10.6 Å². The zero-order chi connectivity index (χ0) is 25.7. The molecule has 4 atom stereocenters. The molecule has 3 aliphatic carbocycles. The quantitative estimate of drug-likeness (QED) is 0.258. The summed E-state index contributed by atoms with van der Waals surface area (Å²) in [6.45, 7) is 2.06. The molecule has 3 aromatic rings. The van der Waals surface area contributed by atoms with Gasteiger partial charge in [-0.1, -0.05) is 12.8 Å². The van der Waals surface area contributed by atoms with Crippen molar-refractivity contribution in [2.75, 3.05) is 23.8 Å². The molecule has 11 heteroatoms. The number of nitrogens with one attached hydrogen (secondary N) is 2. The molecular weight excluding hydrogens is 492 g/mol. The summed E-state index contributed by atoms with van der Waals surface area (Å²) in [7, 11) is 0. The number of pyridine rings is 1. The molecule has 0 saturated heterocycles. The van der Waals surface area contributed by atoms with Crippen molar-refractivity contribution in [1.29, 1.82) is 0 Å². The van der Waals surface area contributed by atoms with Crippen molar-refractivity contribution in [1.82, 2.24) is 19.9 Å². The fourth-order valence-electron chi connectivity index (χ4n) is 5.73. The third-order valence-corrected chi connectivity index (χ3v) is 9.11. The zero-order valence-corrected chi connectivity index (χ0v) is 21.7. The molecule has 198 valence electrons. The van der Waals surface area contributed by atoms with Crippen molar-refractivity contribution < 1.29 is 20.4 Å². The van der Waals surface area contributed by atoms with Crippen LogP contribution in [0.4, 0.5) is 11.8 Å². The van der Waals surface area contributed by atoms with Crippen LogP contribution in [0.1, 0.15) is 62.3 Å². The van der Waals surface area contributed by atoms with Crippen LogP contribution in [0.15, 0.2) is 12.3 Å². The SMILES string of the molecule is Cc1nc(NCC2(O)CCCC2)nc(NC2C[C@H](CO)[C@@H](O)[C@H]2O)c1-c1nc2c(C3CC3)nccc2s1. The normalized spacial score (nSPS) is 27.2. The fraction of sp³-hybridized carbons (Fsp3) is 0.615. The number of rotatable bonds is 8. The lowest BCUT2D eigenvalue weighted by Gasteiger charge is -2.24. The van der Waals surface area contributed by atoms with Gasteiger partial charge in [-0.25, -0.2) is 9.97 Å². The Balaban J connectivity index is 1.37. The molecule has 0 amide bonds. The topological polar surface area (TPSA) is 157 Å². The molecular formula is C26H34N6O4S. The zero-order valence-electron chi connectivity index (χ0n) is 20.9. The number of aliphatic hydroxyl groups is 4. The van der Waals surface area contributed by atoms with Crippen LogP contribution in [0.5, 0.6) is 0 Å². The minimum atomic E-state index is -1.04. The average molecular weight is 527 g/mol. The molecule has 3 saturated carbocycles. The summed E-state index contributed by atoms with van der Waals surface area (Å²) in [5.74, 6) is 0.940. The Morgan fingerprint density at radius 1 is 1.11 bits per heavy atom. The smallest absolute Gasteiger partial charge is 0.225 e. The van der Waals surface area contributed by atoms with E-state index in [-0.39, 0.29) is 6.61 Å². The maximum atomic E-state index is 10.8. The average Bonchev–Trinajstić information content (AvgIpc) is 3.39. The van der Waals surface area contributed by atoms with Gasteiger partial charge in [-0.3, -0.25) is 4.98 Å². The number of aromatic nitrogens is 4. The van der Waals surface area contributed by atoms with E-state index in [0.717, 1.165) is 65.0 Å². The molecule has 3 aliphatic rings. The first kappa shape index (κ1) is 24.9. The summed E-state index contributed by atoms with van der Waals surface area (Å²) >= 11 is 1.56. The number of fused-ring (bicyclic) bond motifs is 1. The van der Waals surface area contributed by atoms with E-state index in [4.69, 9.17) is 15.0 Å². The first-order chi connectivity index (χ1) is 17.8. The highest BCUT2D eigenvalue weighted by atomic mass is 32.1. The maximum absolute atomic E-state index is 10.8. The highest BCUT2D eigenvalue weighted by Crippen LogP contribution is 2.44. The number of aryl methyl sites for hydroxylation is 1. The molecule has 0 aromatic carbocycles. The summed E-state index contributed by atoms with van der Waals surface area (Å²) in [6.07, 6.45) is 5.96. The van der Waals surface area contributed by atoms with E-state index in [0.29, 0.717) is 36.3 Å². The molecule has 0 spiro atoms. The van der Waals surface area contributed by atoms with Crippen molar-refractivity contribution in [2.45, 2.75) is 81.6 Å². The second-order valence-electron chi connectivity index (χ2n) is 10.9. The lowest BCUT2D eigenvalue weighted by molar-refractivity contribution is 0.00446. The second-order valence-corrected chi connectivity index (χ2v) is 11.9. The molecule has 3 heterocycles. The van der Waals surface area contributed by atoms with Crippen molar-refractivity contribution in [3.05, 3.63) is 23.7 Å². The Kier molecular flexibility index (Phi) is 6.52. The minimum absolute atomic E-state index is 0.202. The molecule has 37 heavy (non-hydrogen) atoms. The largest absolute Gasteiger partial charge is 0.396 e. The standard InChI is InChI=1S/C26H34N6O4S/c1-13-18(24-31-20-17(37-24)6-9-27-19(20)14-4-5-14)23(30-16-10-15(11-33)21(34)22(16)35)32-25(29-13)28-12-26(36)7-2-3-8-26/h6,9,14-16,21-22,33-36H,2-5,7-8,10-12H2,1H3,(H2,28,29,30,32)/t15-,16?,21-,22+/m1/s1. The Labute approximate surface area is 219 Å². The number of hydrogen-bond donors (Lipinski definition) is 6. The number of thiazole rings is 1. The molecule has 3 fully saturated rings. The van der Waals surface area contributed by atoms with E-state index in [1.807, 2.05) is 19.2 Å². The van der Waals surface area contributed by atoms with E-state index in [9.17, 15) is 20.4 Å². The van der Waals surface area contributed by atoms with Crippen LogP contribution in [-0.4, -0.2) is 77.4 Å². The number of aliphatic hydroxyl groups excluding tert-OH is 3. The number of nitrogens with zero attached hydrogens (tertiary/aromatic N) is 4. The predicted molar refractivity (Wildman–Crippen MR) is 142 cm³/mol. The van der Waals surface area contributed by atoms with Gasteiger partial charge in [0.2, 0.25) is 5.95 Å². The summed E-state index contributed by atoms with van der Waals surface area (Å²) in [5, 5.41) is 48.8. The van der Waals surface area contributed by atoms with Gasteiger partial charge in [0.1, 0.15) is 22.4 Å². The van der Waals surface area contributed by atoms with Gasteiger partial charge in [0, 0.05) is 31.2 Å². The van der Waals surface area contributed by atoms with Crippen molar-refractivity contribution in [2.24, 2.45) is 5.92 Å². The summed E-state index contributed by atoms with van der Waals surface area (Å²) in [5.41, 5.74) is 2.64. The van der Waals surface area contributed by atoms with Gasteiger partial charge < -0.3 is 31.1 Å². The van der Waals surface area contributed by atoms with Crippen molar-refractivity contribution >= 4 is 33.3 Å². The summed E-state index contributed by atoms with van der Waals surface area (Å²) in [6, 6.07) is 1.48. The second kappa shape index (κ2) is 9.70. The first-order valence-electron chi connectivity index (χ1n) is 13.2.